The molecule has 1 fully saturated rings. The van der Waals surface area contributed by atoms with Crippen molar-refractivity contribution < 1.29 is 9.59 Å². The molecule has 0 saturated carbocycles. The Hall–Kier alpha value is -3.54. The van der Waals surface area contributed by atoms with E-state index in [1.165, 1.54) is 0 Å². The lowest BCUT2D eigenvalue weighted by Crippen LogP contribution is -2.48. The highest BCUT2D eigenvalue weighted by Crippen LogP contribution is 2.26. The minimum Gasteiger partial charge on any atom is -0.368 e. The van der Waals surface area contributed by atoms with E-state index in [2.05, 4.69) is 4.90 Å². The fraction of sp³-hybridized carbons (Fsp3) is 0.217. The molecule has 1 aliphatic rings. The number of carbonyl (C=O) groups excluding carboxylic acids is 2. The van der Waals surface area contributed by atoms with E-state index in [0.29, 0.717) is 31.7 Å². The second-order valence-electron chi connectivity index (χ2n) is 7.25. The highest BCUT2D eigenvalue weighted by molar-refractivity contribution is 6.00. The van der Waals surface area contributed by atoms with Gasteiger partial charge in [-0.2, -0.15) is 0 Å². The average Bonchev–Trinajstić information content (AvgIpc) is 3.15. The molecule has 0 radical (unpaired) electrons. The summed E-state index contributed by atoms with van der Waals surface area (Å²) in [5.74, 6) is -0.381. The fourth-order valence-corrected chi connectivity index (χ4v) is 3.85. The lowest BCUT2D eigenvalue weighted by Gasteiger charge is -2.36. The number of nitrogens with zero attached hydrogens (tertiary/aromatic N) is 3. The van der Waals surface area contributed by atoms with E-state index < -0.39 is 5.91 Å². The molecule has 6 heteroatoms. The van der Waals surface area contributed by atoms with Crippen LogP contribution in [0.25, 0.3) is 11.3 Å². The summed E-state index contributed by atoms with van der Waals surface area (Å²) in [5, 5.41) is 0. The topological polar surface area (TPSA) is 71.6 Å². The second-order valence-corrected chi connectivity index (χ2v) is 7.25. The number of anilines is 1. The molecule has 29 heavy (non-hydrogen) atoms. The first-order chi connectivity index (χ1) is 14.0. The monoisotopic (exact) mass is 388 g/mol. The van der Waals surface area contributed by atoms with Crippen LogP contribution in [0.4, 0.5) is 5.69 Å². The van der Waals surface area contributed by atoms with Gasteiger partial charge in [-0.15, -0.1) is 0 Å². The lowest BCUT2D eigenvalue weighted by molar-refractivity contribution is 0.0747. The van der Waals surface area contributed by atoms with Crippen LogP contribution < -0.4 is 10.6 Å². The molecule has 3 aromatic rings. The Morgan fingerprint density at radius 1 is 0.897 bits per heavy atom. The van der Waals surface area contributed by atoms with Gasteiger partial charge in [-0.1, -0.05) is 36.4 Å². The molecule has 0 aliphatic carbocycles. The van der Waals surface area contributed by atoms with Crippen molar-refractivity contribution in [3.05, 3.63) is 78.0 Å². The molecular weight excluding hydrogens is 364 g/mol. The van der Waals surface area contributed by atoms with Gasteiger partial charge in [-0.3, -0.25) is 9.59 Å². The Morgan fingerprint density at radius 3 is 2.31 bits per heavy atom. The third kappa shape index (κ3) is 3.74. The molecule has 148 valence electrons. The largest absolute Gasteiger partial charge is 0.368 e. The summed E-state index contributed by atoms with van der Waals surface area (Å²) in [6, 6.07) is 19.2. The van der Waals surface area contributed by atoms with Crippen LogP contribution in [-0.2, 0) is 7.05 Å². The summed E-state index contributed by atoms with van der Waals surface area (Å²) < 4.78 is 1.99. The van der Waals surface area contributed by atoms with Gasteiger partial charge in [0.1, 0.15) is 0 Å². The highest BCUT2D eigenvalue weighted by atomic mass is 16.2. The molecule has 0 unspecified atom stereocenters. The number of nitrogens with two attached hydrogens (primary N) is 1. The van der Waals surface area contributed by atoms with Crippen molar-refractivity contribution in [1.29, 1.82) is 0 Å². The number of benzene rings is 2. The normalized spacial score (nSPS) is 14.1. The maximum absolute atomic E-state index is 13.2. The number of carbonyl (C=O) groups is 2. The molecule has 1 aliphatic heterocycles. The van der Waals surface area contributed by atoms with Crippen LogP contribution in [0.2, 0.25) is 0 Å². The molecule has 1 saturated heterocycles. The minimum absolute atomic E-state index is 0.0509. The summed E-state index contributed by atoms with van der Waals surface area (Å²) in [4.78, 5) is 28.7. The van der Waals surface area contributed by atoms with Crippen molar-refractivity contribution in [2.24, 2.45) is 12.8 Å². The number of aryl methyl sites for hydroxylation is 1. The van der Waals surface area contributed by atoms with Gasteiger partial charge in [0, 0.05) is 50.7 Å². The van der Waals surface area contributed by atoms with E-state index >= 15 is 0 Å². The van der Waals surface area contributed by atoms with Crippen LogP contribution in [0, 0.1) is 0 Å². The molecular formula is C23H24N4O2. The van der Waals surface area contributed by atoms with Crippen LogP contribution in [0.15, 0.2) is 66.9 Å². The Labute approximate surface area is 170 Å². The first kappa shape index (κ1) is 18.8. The number of piperazine rings is 1. The Bertz CT molecular complexity index is 1030. The van der Waals surface area contributed by atoms with Crippen molar-refractivity contribution in [1.82, 2.24) is 9.47 Å². The number of primary amides is 1. The summed E-state index contributed by atoms with van der Waals surface area (Å²) >= 11 is 0. The Kier molecular flexibility index (Phi) is 5.08. The number of aromatic nitrogens is 1. The third-order valence-corrected chi connectivity index (χ3v) is 5.41. The zero-order chi connectivity index (χ0) is 20.4. The molecule has 2 amide bonds. The summed E-state index contributed by atoms with van der Waals surface area (Å²) in [6.45, 7) is 2.68. The molecule has 0 atom stereocenters. The predicted molar refractivity (Wildman–Crippen MR) is 114 cm³/mol. The Morgan fingerprint density at radius 2 is 1.62 bits per heavy atom. The first-order valence-corrected chi connectivity index (χ1v) is 9.69. The van der Waals surface area contributed by atoms with Gasteiger partial charge < -0.3 is 20.1 Å². The van der Waals surface area contributed by atoms with Crippen molar-refractivity contribution in [3.63, 3.8) is 0 Å². The van der Waals surface area contributed by atoms with Gasteiger partial charge in [0.15, 0.2) is 0 Å². The SMILES string of the molecule is Cn1ccc(C(=O)N2CCN(c3cccc(C(N)=O)c3)CC2)c1-c1ccccc1. The van der Waals surface area contributed by atoms with Gasteiger partial charge in [-0.05, 0) is 29.8 Å². The summed E-state index contributed by atoms with van der Waals surface area (Å²) in [7, 11) is 1.96. The van der Waals surface area contributed by atoms with E-state index in [-0.39, 0.29) is 5.91 Å². The number of amides is 2. The van der Waals surface area contributed by atoms with Gasteiger partial charge in [-0.25, -0.2) is 0 Å². The number of hydrogen-bond donors (Lipinski definition) is 1. The molecule has 1 aromatic heterocycles. The van der Waals surface area contributed by atoms with Crippen LogP contribution in [0.1, 0.15) is 20.7 Å². The summed E-state index contributed by atoms with van der Waals surface area (Å²) in [5.41, 5.74) is 9.54. The zero-order valence-corrected chi connectivity index (χ0v) is 16.4. The fourth-order valence-electron chi connectivity index (χ4n) is 3.85. The summed E-state index contributed by atoms with van der Waals surface area (Å²) in [6.07, 6.45) is 1.93. The third-order valence-electron chi connectivity index (χ3n) is 5.41. The minimum atomic E-state index is -0.432. The maximum Gasteiger partial charge on any atom is 0.256 e. The van der Waals surface area contributed by atoms with E-state index in [4.69, 9.17) is 5.73 Å². The quantitative estimate of drug-likeness (QED) is 0.747. The average molecular weight is 388 g/mol. The molecule has 0 bridgehead atoms. The lowest BCUT2D eigenvalue weighted by atomic mass is 10.1. The van der Waals surface area contributed by atoms with Gasteiger partial charge >= 0.3 is 0 Å². The van der Waals surface area contributed by atoms with E-state index in [1.807, 2.05) is 77.3 Å². The molecule has 2 heterocycles. The van der Waals surface area contributed by atoms with E-state index in [1.54, 1.807) is 6.07 Å². The molecule has 2 aromatic carbocycles. The first-order valence-electron chi connectivity index (χ1n) is 9.69. The molecule has 0 spiro atoms. The van der Waals surface area contributed by atoms with Gasteiger partial charge in [0.25, 0.3) is 5.91 Å². The van der Waals surface area contributed by atoms with E-state index in [0.717, 1.165) is 22.5 Å². The molecule has 4 rings (SSSR count). The van der Waals surface area contributed by atoms with Crippen molar-refractivity contribution in [3.8, 4) is 11.3 Å². The van der Waals surface area contributed by atoms with Gasteiger partial charge in [0.2, 0.25) is 5.91 Å². The van der Waals surface area contributed by atoms with Crippen LogP contribution in [0.5, 0.6) is 0 Å². The van der Waals surface area contributed by atoms with E-state index in [9.17, 15) is 9.59 Å². The molecule has 6 nitrogen and oxygen atoms in total. The van der Waals surface area contributed by atoms with Crippen molar-refractivity contribution in [2.75, 3.05) is 31.1 Å². The van der Waals surface area contributed by atoms with Crippen LogP contribution in [0.3, 0.4) is 0 Å². The number of rotatable bonds is 4. The maximum atomic E-state index is 13.2. The number of hydrogen-bond acceptors (Lipinski definition) is 3. The Balaban J connectivity index is 1.49. The van der Waals surface area contributed by atoms with Gasteiger partial charge in [0.05, 0.1) is 11.3 Å². The van der Waals surface area contributed by atoms with Crippen LogP contribution in [-0.4, -0.2) is 47.5 Å². The predicted octanol–water partition coefficient (Wildman–Crippen LogP) is 2.75. The second kappa shape index (κ2) is 7.83. The standard InChI is InChI=1S/C23H24N4O2/c1-25-11-10-20(21(25)17-6-3-2-4-7-17)23(29)27-14-12-26(13-15-27)19-9-5-8-18(16-19)22(24)28/h2-11,16H,12-15H2,1H3,(H2,24,28). The van der Waals surface area contributed by atoms with Crippen LogP contribution >= 0.6 is 0 Å². The van der Waals surface area contributed by atoms with Crippen molar-refractivity contribution >= 4 is 17.5 Å². The van der Waals surface area contributed by atoms with Crippen molar-refractivity contribution in [2.45, 2.75) is 0 Å². The zero-order valence-electron chi connectivity index (χ0n) is 16.4. The highest BCUT2D eigenvalue weighted by Gasteiger charge is 2.25. The molecule has 2 N–H and O–H groups in total. The smallest absolute Gasteiger partial charge is 0.256 e.